The van der Waals surface area contributed by atoms with Crippen LogP contribution in [0.2, 0.25) is 0 Å². The molecule has 0 radical (unpaired) electrons. The van der Waals surface area contributed by atoms with Gasteiger partial charge in [0.1, 0.15) is 0 Å². The number of hydrogen-bond donors (Lipinski definition) is 3. The molecule has 1 aromatic carbocycles. The third-order valence-electron chi connectivity index (χ3n) is 3.16. The van der Waals surface area contributed by atoms with Gasteiger partial charge in [-0.2, -0.15) is 5.10 Å². The number of nitrogens with one attached hydrogen (secondary N) is 2. The second kappa shape index (κ2) is 6.74. The van der Waals surface area contributed by atoms with E-state index in [9.17, 15) is 4.79 Å². The summed E-state index contributed by atoms with van der Waals surface area (Å²) in [5, 5.41) is 9.66. The molecule has 0 bridgehead atoms. The normalized spacial score (nSPS) is 12.4. The summed E-state index contributed by atoms with van der Waals surface area (Å²) >= 11 is 0. The number of aromatic amines is 1. The Balaban J connectivity index is 0.00000220. The summed E-state index contributed by atoms with van der Waals surface area (Å²) in [6, 6.07) is 8.88. The van der Waals surface area contributed by atoms with Crippen LogP contribution in [-0.2, 0) is 4.79 Å². The monoisotopic (exact) mass is 308 g/mol. The Morgan fingerprint density at radius 1 is 1.33 bits per heavy atom. The predicted octanol–water partition coefficient (Wildman–Crippen LogP) is 2.81. The van der Waals surface area contributed by atoms with Crippen LogP contribution < -0.4 is 11.1 Å². The molecule has 0 aliphatic rings. The predicted molar refractivity (Wildman–Crippen MR) is 87.3 cm³/mol. The highest BCUT2D eigenvalue weighted by Crippen LogP contribution is 2.22. The van der Waals surface area contributed by atoms with Gasteiger partial charge in [-0.3, -0.25) is 9.89 Å². The fourth-order valence-corrected chi connectivity index (χ4v) is 1.79. The van der Waals surface area contributed by atoms with Crippen LogP contribution in [-0.4, -0.2) is 22.1 Å². The lowest BCUT2D eigenvalue weighted by Gasteiger charge is -2.25. The maximum Gasteiger partial charge on any atom is 0.241 e. The molecule has 0 saturated heterocycles. The molecular weight excluding hydrogens is 288 g/mol. The van der Waals surface area contributed by atoms with Crippen molar-refractivity contribution in [3.8, 4) is 11.3 Å². The highest BCUT2D eigenvalue weighted by atomic mass is 35.5. The van der Waals surface area contributed by atoms with E-state index in [1.807, 2.05) is 51.1 Å². The molecule has 1 heterocycles. The average Bonchev–Trinajstić information content (AvgIpc) is 2.91. The number of nitrogens with two attached hydrogens (primary N) is 1. The smallest absolute Gasteiger partial charge is 0.241 e. The first-order chi connectivity index (χ1) is 9.38. The van der Waals surface area contributed by atoms with Crippen molar-refractivity contribution in [3.63, 3.8) is 0 Å². The Morgan fingerprint density at radius 2 is 2.05 bits per heavy atom. The number of H-pyrrole nitrogens is 1. The molecule has 4 N–H and O–H groups in total. The van der Waals surface area contributed by atoms with Gasteiger partial charge in [-0.05, 0) is 23.6 Å². The Kier molecular flexibility index (Phi) is 5.52. The van der Waals surface area contributed by atoms with Crippen LogP contribution in [0.25, 0.3) is 11.3 Å². The minimum absolute atomic E-state index is 0. The Hall–Kier alpha value is -1.85. The first kappa shape index (κ1) is 17.2. The number of carbonyl (C=O) groups is 1. The number of rotatable bonds is 3. The molecule has 5 nitrogen and oxygen atoms in total. The molecule has 0 saturated carbocycles. The lowest BCUT2D eigenvalue weighted by Crippen LogP contribution is -2.45. The summed E-state index contributed by atoms with van der Waals surface area (Å²) in [5.74, 6) is -0.181. The van der Waals surface area contributed by atoms with Crippen LogP contribution in [0.5, 0.6) is 0 Å². The minimum atomic E-state index is -0.557. The second-order valence-corrected chi connectivity index (χ2v) is 5.88. The summed E-state index contributed by atoms with van der Waals surface area (Å²) in [6.45, 7) is 5.83. The van der Waals surface area contributed by atoms with E-state index >= 15 is 0 Å². The van der Waals surface area contributed by atoms with Gasteiger partial charge in [0, 0.05) is 17.4 Å². The highest BCUT2D eigenvalue weighted by molar-refractivity contribution is 5.95. The van der Waals surface area contributed by atoms with E-state index in [4.69, 9.17) is 5.73 Å². The number of nitrogens with zero attached hydrogens (tertiary/aromatic N) is 1. The maximum atomic E-state index is 12.1. The number of anilines is 1. The van der Waals surface area contributed by atoms with Gasteiger partial charge in [-0.25, -0.2) is 0 Å². The molecule has 114 valence electrons. The standard InChI is InChI=1S/C15H20N4O.ClH/c1-15(2,3)13(16)14(20)18-11-6-4-5-10(9-11)12-7-8-17-19-12;/h4-9,13H,16H2,1-3H3,(H,17,19)(H,18,20);1H/t13-;/m1./s1. The molecule has 21 heavy (non-hydrogen) atoms. The van der Waals surface area contributed by atoms with E-state index in [0.717, 1.165) is 16.9 Å². The van der Waals surface area contributed by atoms with Gasteiger partial charge in [-0.1, -0.05) is 32.9 Å². The molecule has 0 aliphatic carbocycles. The first-order valence-electron chi connectivity index (χ1n) is 6.54. The molecule has 6 heteroatoms. The number of benzene rings is 1. The molecule has 2 rings (SSSR count). The number of carbonyl (C=O) groups excluding carboxylic acids is 1. The molecule has 1 aromatic heterocycles. The largest absolute Gasteiger partial charge is 0.325 e. The zero-order valence-electron chi connectivity index (χ0n) is 12.4. The SMILES string of the molecule is CC(C)(C)[C@H](N)C(=O)Nc1cccc(-c2ccn[nH]2)c1.Cl. The van der Waals surface area contributed by atoms with E-state index < -0.39 is 6.04 Å². The molecule has 0 unspecified atom stereocenters. The number of aromatic nitrogens is 2. The van der Waals surface area contributed by atoms with Crippen LogP contribution in [0.1, 0.15) is 20.8 Å². The van der Waals surface area contributed by atoms with Crippen LogP contribution in [0.3, 0.4) is 0 Å². The van der Waals surface area contributed by atoms with E-state index in [1.165, 1.54) is 0 Å². The summed E-state index contributed by atoms with van der Waals surface area (Å²) in [7, 11) is 0. The third-order valence-corrected chi connectivity index (χ3v) is 3.16. The fraction of sp³-hybridized carbons (Fsp3) is 0.333. The van der Waals surface area contributed by atoms with Gasteiger partial charge in [0.05, 0.1) is 11.7 Å². The Labute approximate surface area is 130 Å². The number of hydrogen-bond acceptors (Lipinski definition) is 3. The van der Waals surface area contributed by atoms with Gasteiger partial charge in [-0.15, -0.1) is 12.4 Å². The zero-order valence-corrected chi connectivity index (χ0v) is 13.2. The molecule has 0 spiro atoms. The fourth-order valence-electron chi connectivity index (χ4n) is 1.79. The average molecular weight is 309 g/mol. The summed E-state index contributed by atoms with van der Waals surface area (Å²) in [5.41, 5.74) is 8.26. The van der Waals surface area contributed by atoms with Crippen molar-refractivity contribution in [2.45, 2.75) is 26.8 Å². The summed E-state index contributed by atoms with van der Waals surface area (Å²) in [4.78, 5) is 12.1. The van der Waals surface area contributed by atoms with Gasteiger partial charge < -0.3 is 11.1 Å². The zero-order chi connectivity index (χ0) is 14.8. The van der Waals surface area contributed by atoms with Gasteiger partial charge >= 0.3 is 0 Å². The van der Waals surface area contributed by atoms with Crippen molar-refractivity contribution in [2.24, 2.45) is 11.1 Å². The quantitative estimate of drug-likeness (QED) is 0.815. The summed E-state index contributed by atoms with van der Waals surface area (Å²) in [6.07, 6.45) is 1.69. The molecule has 1 atom stereocenters. The van der Waals surface area contributed by atoms with Crippen LogP contribution >= 0.6 is 12.4 Å². The van der Waals surface area contributed by atoms with Crippen molar-refractivity contribution in [1.82, 2.24) is 10.2 Å². The second-order valence-electron chi connectivity index (χ2n) is 5.88. The lowest BCUT2D eigenvalue weighted by atomic mass is 9.87. The third kappa shape index (κ3) is 4.31. The van der Waals surface area contributed by atoms with E-state index in [1.54, 1.807) is 6.20 Å². The molecule has 1 amide bonds. The summed E-state index contributed by atoms with van der Waals surface area (Å²) < 4.78 is 0. The maximum absolute atomic E-state index is 12.1. The highest BCUT2D eigenvalue weighted by Gasteiger charge is 2.27. The number of halogens is 1. The van der Waals surface area contributed by atoms with Gasteiger partial charge in [0.25, 0.3) is 0 Å². The van der Waals surface area contributed by atoms with Crippen LogP contribution in [0.15, 0.2) is 36.5 Å². The van der Waals surface area contributed by atoms with Crippen molar-refractivity contribution >= 4 is 24.0 Å². The van der Waals surface area contributed by atoms with E-state index in [0.29, 0.717) is 0 Å². The number of amides is 1. The molecule has 0 fully saturated rings. The van der Waals surface area contributed by atoms with Crippen molar-refractivity contribution in [2.75, 3.05) is 5.32 Å². The van der Waals surface area contributed by atoms with Gasteiger partial charge in [0.15, 0.2) is 0 Å². The Morgan fingerprint density at radius 3 is 2.62 bits per heavy atom. The topological polar surface area (TPSA) is 83.8 Å². The van der Waals surface area contributed by atoms with Crippen molar-refractivity contribution < 1.29 is 4.79 Å². The first-order valence-corrected chi connectivity index (χ1v) is 6.54. The minimum Gasteiger partial charge on any atom is -0.325 e. The van der Waals surface area contributed by atoms with Crippen LogP contribution in [0, 0.1) is 5.41 Å². The molecular formula is C15H21ClN4O. The Bertz CT molecular complexity index is 590. The molecule has 0 aliphatic heterocycles. The lowest BCUT2D eigenvalue weighted by molar-refractivity contribution is -0.119. The van der Waals surface area contributed by atoms with Crippen molar-refractivity contribution in [1.29, 1.82) is 0 Å². The van der Waals surface area contributed by atoms with Crippen molar-refractivity contribution in [3.05, 3.63) is 36.5 Å². The van der Waals surface area contributed by atoms with E-state index in [-0.39, 0.29) is 23.7 Å². The van der Waals surface area contributed by atoms with Crippen LogP contribution in [0.4, 0.5) is 5.69 Å². The van der Waals surface area contributed by atoms with E-state index in [2.05, 4.69) is 15.5 Å². The van der Waals surface area contributed by atoms with Gasteiger partial charge in [0.2, 0.25) is 5.91 Å². The molecule has 2 aromatic rings.